The van der Waals surface area contributed by atoms with E-state index in [1.54, 1.807) is 41.3 Å². The average molecular weight is 403 g/mol. The number of rotatable bonds is 5. The number of piperazine rings is 1. The maximum absolute atomic E-state index is 12.5. The lowest BCUT2D eigenvalue weighted by atomic mass is 10.2. The number of hydrogen-bond acceptors (Lipinski definition) is 6. The number of nitrogens with zero attached hydrogens (tertiary/aromatic N) is 4. The number of amides is 2. The normalized spacial score (nSPS) is 14.1. The summed E-state index contributed by atoms with van der Waals surface area (Å²) in [4.78, 5) is 31.8. The van der Waals surface area contributed by atoms with Crippen LogP contribution >= 0.6 is 0 Å². The second-order valence-electron chi connectivity index (χ2n) is 6.60. The van der Waals surface area contributed by atoms with Crippen molar-refractivity contribution >= 4 is 29.7 Å². The van der Waals surface area contributed by atoms with Crippen LogP contribution in [0.4, 0.5) is 5.69 Å². The summed E-state index contributed by atoms with van der Waals surface area (Å²) in [7, 11) is 0. The van der Waals surface area contributed by atoms with Crippen LogP contribution in [0.25, 0.3) is 12.2 Å². The second kappa shape index (κ2) is 10.0. The van der Waals surface area contributed by atoms with E-state index in [2.05, 4.69) is 16.0 Å². The molecule has 30 heavy (non-hydrogen) atoms. The van der Waals surface area contributed by atoms with Gasteiger partial charge < -0.3 is 9.80 Å². The lowest BCUT2D eigenvalue weighted by Crippen LogP contribution is -2.48. The maximum atomic E-state index is 12.5. The Labute approximate surface area is 174 Å². The average Bonchev–Trinajstić information content (AvgIpc) is 2.81. The number of benzene rings is 1. The SMILES string of the molecule is N#Cc1ccc(N2CCN(C(=O)C=Cc3cccc(C=CC(=O)NO)n3)CC2)cc1. The lowest BCUT2D eigenvalue weighted by molar-refractivity contribution is -0.126. The highest BCUT2D eigenvalue weighted by atomic mass is 16.5. The minimum Gasteiger partial charge on any atom is -0.368 e. The fraction of sp³-hybridized carbons (Fsp3) is 0.182. The van der Waals surface area contributed by atoms with E-state index in [0.29, 0.717) is 30.0 Å². The molecule has 2 heterocycles. The summed E-state index contributed by atoms with van der Waals surface area (Å²) in [6.07, 6.45) is 5.76. The van der Waals surface area contributed by atoms with Crippen molar-refractivity contribution in [2.45, 2.75) is 0 Å². The molecule has 1 saturated heterocycles. The third kappa shape index (κ3) is 5.53. The number of pyridine rings is 1. The largest absolute Gasteiger partial charge is 0.368 e. The summed E-state index contributed by atoms with van der Waals surface area (Å²) in [5, 5.41) is 17.4. The number of nitriles is 1. The zero-order valence-electron chi connectivity index (χ0n) is 16.2. The van der Waals surface area contributed by atoms with Crippen molar-refractivity contribution in [1.29, 1.82) is 5.26 Å². The van der Waals surface area contributed by atoms with Crippen molar-refractivity contribution in [3.8, 4) is 6.07 Å². The van der Waals surface area contributed by atoms with E-state index in [1.165, 1.54) is 17.6 Å². The number of aromatic nitrogens is 1. The van der Waals surface area contributed by atoms with Crippen LogP contribution in [0.5, 0.6) is 0 Å². The molecule has 1 fully saturated rings. The molecule has 0 unspecified atom stereocenters. The van der Waals surface area contributed by atoms with E-state index in [4.69, 9.17) is 10.5 Å². The second-order valence-corrected chi connectivity index (χ2v) is 6.60. The first-order valence-electron chi connectivity index (χ1n) is 9.40. The molecule has 0 atom stereocenters. The van der Waals surface area contributed by atoms with Gasteiger partial charge in [-0.1, -0.05) is 6.07 Å². The van der Waals surface area contributed by atoms with Gasteiger partial charge >= 0.3 is 0 Å². The van der Waals surface area contributed by atoms with Gasteiger partial charge in [-0.15, -0.1) is 0 Å². The summed E-state index contributed by atoms with van der Waals surface area (Å²) < 4.78 is 0. The Balaban J connectivity index is 1.55. The molecule has 152 valence electrons. The van der Waals surface area contributed by atoms with Gasteiger partial charge in [-0.3, -0.25) is 14.8 Å². The van der Waals surface area contributed by atoms with Crippen LogP contribution in [-0.2, 0) is 9.59 Å². The zero-order valence-corrected chi connectivity index (χ0v) is 16.2. The van der Waals surface area contributed by atoms with Crippen LogP contribution in [0.15, 0.2) is 54.6 Å². The summed E-state index contributed by atoms with van der Waals surface area (Å²) in [5.41, 5.74) is 4.30. The fourth-order valence-electron chi connectivity index (χ4n) is 3.05. The molecule has 0 bridgehead atoms. The van der Waals surface area contributed by atoms with E-state index in [1.807, 2.05) is 12.1 Å². The molecule has 0 aliphatic carbocycles. The van der Waals surface area contributed by atoms with Crippen LogP contribution < -0.4 is 10.4 Å². The molecule has 0 saturated carbocycles. The van der Waals surface area contributed by atoms with Gasteiger partial charge in [0.2, 0.25) is 5.91 Å². The van der Waals surface area contributed by atoms with Crippen LogP contribution in [0.1, 0.15) is 17.0 Å². The number of nitrogens with one attached hydrogen (secondary N) is 1. The molecule has 2 N–H and O–H groups in total. The molecule has 0 spiro atoms. The Morgan fingerprint density at radius 2 is 1.63 bits per heavy atom. The number of carbonyl (C=O) groups excluding carboxylic acids is 2. The van der Waals surface area contributed by atoms with Crippen LogP contribution in [-0.4, -0.2) is 53.1 Å². The quantitative estimate of drug-likeness (QED) is 0.448. The topological polar surface area (TPSA) is 110 Å². The van der Waals surface area contributed by atoms with Crippen molar-refractivity contribution in [3.63, 3.8) is 0 Å². The van der Waals surface area contributed by atoms with Crippen molar-refractivity contribution in [2.24, 2.45) is 0 Å². The highest BCUT2D eigenvalue weighted by Crippen LogP contribution is 2.17. The standard InChI is InChI=1S/C22H21N5O3/c23-16-17-4-8-20(9-5-17)26-12-14-27(15-13-26)22(29)11-7-19-3-1-2-18(24-19)6-10-21(28)25-30/h1-11,30H,12-15H2,(H,25,28). The molecule has 1 aliphatic rings. The number of hydroxylamine groups is 1. The summed E-state index contributed by atoms with van der Waals surface area (Å²) in [6, 6.07) is 14.8. The van der Waals surface area contributed by atoms with E-state index in [9.17, 15) is 9.59 Å². The molecule has 8 heteroatoms. The predicted octanol–water partition coefficient (Wildman–Crippen LogP) is 1.83. The van der Waals surface area contributed by atoms with Crippen LogP contribution in [0.2, 0.25) is 0 Å². The monoisotopic (exact) mass is 403 g/mol. The smallest absolute Gasteiger partial charge is 0.267 e. The third-order valence-electron chi connectivity index (χ3n) is 4.66. The fourth-order valence-corrected chi connectivity index (χ4v) is 3.05. The number of carbonyl (C=O) groups is 2. The van der Waals surface area contributed by atoms with Gasteiger partial charge in [-0.25, -0.2) is 10.5 Å². The van der Waals surface area contributed by atoms with Gasteiger partial charge in [0.05, 0.1) is 23.0 Å². The van der Waals surface area contributed by atoms with Gasteiger partial charge in [0.25, 0.3) is 5.91 Å². The predicted molar refractivity (Wildman–Crippen MR) is 112 cm³/mol. The van der Waals surface area contributed by atoms with Gasteiger partial charge in [-0.2, -0.15) is 5.26 Å². The first-order chi connectivity index (χ1) is 14.6. The molecule has 2 aromatic rings. The highest BCUT2D eigenvalue weighted by Gasteiger charge is 2.19. The van der Waals surface area contributed by atoms with Crippen molar-refractivity contribution in [1.82, 2.24) is 15.4 Å². The Hall–Kier alpha value is -3.96. The van der Waals surface area contributed by atoms with Gasteiger partial charge in [0, 0.05) is 44.0 Å². The van der Waals surface area contributed by atoms with Crippen molar-refractivity contribution in [3.05, 3.63) is 71.6 Å². The Kier molecular flexibility index (Phi) is 6.92. The van der Waals surface area contributed by atoms with Crippen LogP contribution in [0, 0.1) is 11.3 Å². The first kappa shape index (κ1) is 20.8. The van der Waals surface area contributed by atoms with E-state index < -0.39 is 5.91 Å². The van der Waals surface area contributed by atoms with Crippen molar-refractivity contribution in [2.75, 3.05) is 31.1 Å². The zero-order chi connectivity index (χ0) is 21.3. The van der Waals surface area contributed by atoms with Gasteiger partial charge in [0.1, 0.15) is 0 Å². The molecule has 1 aromatic carbocycles. The number of anilines is 1. The Morgan fingerprint density at radius 3 is 2.23 bits per heavy atom. The molecular formula is C22H21N5O3. The van der Waals surface area contributed by atoms with Gasteiger partial charge in [-0.05, 0) is 48.6 Å². The van der Waals surface area contributed by atoms with Crippen molar-refractivity contribution < 1.29 is 14.8 Å². The Bertz CT molecular complexity index is 1000. The molecule has 2 amide bonds. The maximum Gasteiger partial charge on any atom is 0.267 e. The summed E-state index contributed by atoms with van der Waals surface area (Å²) in [6.45, 7) is 2.65. The molecule has 3 rings (SSSR count). The minimum atomic E-state index is -0.645. The van der Waals surface area contributed by atoms with Crippen LogP contribution in [0.3, 0.4) is 0 Å². The molecule has 1 aromatic heterocycles. The first-order valence-corrected chi connectivity index (χ1v) is 9.40. The van der Waals surface area contributed by atoms with E-state index in [0.717, 1.165) is 24.9 Å². The lowest BCUT2D eigenvalue weighted by Gasteiger charge is -2.35. The summed E-state index contributed by atoms with van der Waals surface area (Å²) >= 11 is 0. The summed E-state index contributed by atoms with van der Waals surface area (Å²) in [5.74, 6) is -0.732. The molecular weight excluding hydrogens is 382 g/mol. The molecule has 8 nitrogen and oxygen atoms in total. The molecule has 1 aliphatic heterocycles. The Morgan fingerprint density at radius 1 is 1.00 bits per heavy atom. The third-order valence-corrected chi connectivity index (χ3v) is 4.66. The number of hydrogen-bond donors (Lipinski definition) is 2. The van der Waals surface area contributed by atoms with Gasteiger partial charge in [0.15, 0.2) is 0 Å². The van der Waals surface area contributed by atoms with E-state index in [-0.39, 0.29) is 5.91 Å². The highest BCUT2D eigenvalue weighted by molar-refractivity contribution is 5.92. The minimum absolute atomic E-state index is 0.0862. The molecule has 0 radical (unpaired) electrons. The van der Waals surface area contributed by atoms with E-state index >= 15 is 0 Å².